The first-order chi connectivity index (χ1) is 12.5. The van der Waals surface area contributed by atoms with Gasteiger partial charge in [-0.15, -0.1) is 0 Å². The van der Waals surface area contributed by atoms with Crippen molar-refractivity contribution in [3.63, 3.8) is 0 Å². The number of methoxy groups -OCH3 is 1. The molecule has 0 aliphatic heterocycles. The van der Waals surface area contributed by atoms with Crippen LogP contribution >= 0.6 is 11.6 Å². The highest BCUT2D eigenvalue weighted by atomic mass is 35.5. The van der Waals surface area contributed by atoms with E-state index in [1.807, 2.05) is 0 Å². The second kappa shape index (κ2) is 9.58. The molecule has 2 aromatic rings. The number of halogens is 1. The summed E-state index contributed by atoms with van der Waals surface area (Å²) in [6.45, 7) is 1.68. The van der Waals surface area contributed by atoms with E-state index in [1.54, 1.807) is 62.6 Å². The van der Waals surface area contributed by atoms with Crippen LogP contribution in [-0.2, 0) is 16.0 Å². The summed E-state index contributed by atoms with van der Waals surface area (Å²) >= 11 is 5.81. The molecule has 26 heavy (non-hydrogen) atoms. The Labute approximate surface area is 157 Å². The molecule has 0 fully saturated rings. The average molecular weight is 374 g/mol. The summed E-state index contributed by atoms with van der Waals surface area (Å²) in [5, 5.41) is 7.33. The molecule has 6 nitrogen and oxygen atoms in total. The van der Waals surface area contributed by atoms with Crippen LogP contribution in [0, 0.1) is 0 Å². The second-order valence-electron chi connectivity index (χ2n) is 5.64. The smallest absolute Gasteiger partial charge is 0.244 e. The van der Waals surface area contributed by atoms with E-state index in [4.69, 9.17) is 16.3 Å². The molecule has 0 aliphatic rings. The molecule has 7 heteroatoms. The van der Waals surface area contributed by atoms with Gasteiger partial charge in [0.1, 0.15) is 5.75 Å². The lowest BCUT2D eigenvalue weighted by molar-refractivity contribution is -0.120. The number of anilines is 1. The fraction of sp³-hybridized carbons (Fsp3) is 0.211. The Morgan fingerprint density at radius 2 is 1.69 bits per heavy atom. The molecule has 0 spiro atoms. The van der Waals surface area contributed by atoms with Gasteiger partial charge in [0.2, 0.25) is 11.8 Å². The van der Waals surface area contributed by atoms with Crippen molar-refractivity contribution in [2.45, 2.75) is 19.8 Å². The van der Waals surface area contributed by atoms with Crippen LogP contribution in [-0.4, -0.2) is 24.6 Å². The number of hydrogen-bond donors (Lipinski definition) is 2. The number of benzene rings is 2. The van der Waals surface area contributed by atoms with Crippen LogP contribution in [0.3, 0.4) is 0 Å². The third kappa shape index (κ3) is 6.57. The number of nitrogens with zero attached hydrogens (tertiary/aromatic N) is 1. The highest BCUT2D eigenvalue weighted by molar-refractivity contribution is 6.30. The molecule has 0 heterocycles. The summed E-state index contributed by atoms with van der Waals surface area (Å²) in [5.41, 5.74) is 4.44. The zero-order valence-corrected chi connectivity index (χ0v) is 15.3. The molecule has 0 saturated heterocycles. The van der Waals surface area contributed by atoms with Gasteiger partial charge >= 0.3 is 0 Å². The highest BCUT2D eigenvalue weighted by Gasteiger charge is 2.07. The molecule has 0 saturated carbocycles. The monoisotopic (exact) mass is 373 g/mol. The molecule has 136 valence electrons. The Morgan fingerprint density at radius 1 is 1.04 bits per heavy atom. The van der Waals surface area contributed by atoms with Crippen molar-refractivity contribution in [2.75, 3.05) is 12.4 Å². The van der Waals surface area contributed by atoms with E-state index < -0.39 is 0 Å². The quantitative estimate of drug-likeness (QED) is 0.576. The van der Waals surface area contributed by atoms with E-state index in [0.29, 0.717) is 22.2 Å². The van der Waals surface area contributed by atoms with Crippen LogP contribution in [0.4, 0.5) is 5.69 Å². The number of ether oxygens (including phenoxy) is 1. The Hall–Kier alpha value is -2.86. The minimum Gasteiger partial charge on any atom is -0.497 e. The first-order valence-corrected chi connectivity index (χ1v) is 8.34. The number of hydrazone groups is 1. The van der Waals surface area contributed by atoms with E-state index in [-0.39, 0.29) is 24.7 Å². The average Bonchev–Trinajstić information content (AvgIpc) is 2.62. The number of carbonyl (C=O) groups excluding carboxylic acids is 2. The molecule has 0 aromatic heterocycles. The first-order valence-electron chi connectivity index (χ1n) is 7.96. The summed E-state index contributed by atoms with van der Waals surface area (Å²) in [7, 11) is 1.58. The molecular weight excluding hydrogens is 354 g/mol. The van der Waals surface area contributed by atoms with Crippen LogP contribution in [0.15, 0.2) is 53.6 Å². The summed E-state index contributed by atoms with van der Waals surface area (Å²) in [5.74, 6) is 0.231. The molecule has 0 aliphatic carbocycles. The molecule has 2 rings (SSSR count). The van der Waals surface area contributed by atoms with Crippen molar-refractivity contribution in [3.8, 4) is 5.75 Å². The number of nitrogens with one attached hydrogen (secondary N) is 2. The van der Waals surface area contributed by atoms with Crippen molar-refractivity contribution in [3.05, 3.63) is 59.1 Å². The maximum Gasteiger partial charge on any atom is 0.244 e. The number of amides is 2. The van der Waals surface area contributed by atoms with Crippen LogP contribution in [0.2, 0.25) is 5.02 Å². The normalized spacial score (nSPS) is 11.0. The Kier molecular flexibility index (Phi) is 7.17. The van der Waals surface area contributed by atoms with E-state index in [2.05, 4.69) is 15.8 Å². The predicted molar refractivity (Wildman–Crippen MR) is 103 cm³/mol. The molecule has 0 unspecified atom stereocenters. The lowest BCUT2D eigenvalue weighted by Crippen LogP contribution is -2.22. The van der Waals surface area contributed by atoms with Gasteiger partial charge in [-0.2, -0.15) is 5.10 Å². The number of rotatable bonds is 7. The van der Waals surface area contributed by atoms with E-state index in [0.717, 1.165) is 5.56 Å². The number of hydrogen-bond acceptors (Lipinski definition) is 4. The largest absolute Gasteiger partial charge is 0.497 e. The first kappa shape index (κ1) is 19.5. The van der Waals surface area contributed by atoms with Gasteiger partial charge in [-0.3, -0.25) is 9.59 Å². The topological polar surface area (TPSA) is 79.8 Å². The summed E-state index contributed by atoms with van der Waals surface area (Å²) in [4.78, 5) is 23.9. The van der Waals surface area contributed by atoms with Gasteiger partial charge in [-0.25, -0.2) is 5.43 Å². The van der Waals surface area contributed by atoms with Crippen LogP contribution in [0.1, 0.15) is 18.9 Å². The fourth-order valence-corrected chi connectivity index (χ4v) is 2.26. The molecule has 0 bridgehead atoms. The van der Waals surface area contributed by atoms with Crippen LogP contribution in [0.25, 0.3) is 0 Å². The van der Waals surface area contributed by atoms with Gasteiger partial charge < -0.3 is 10.1 Å². The Bertz CT molecular complexity index is 787. The third-order valence-electron chi connectivity index (χ3n) is 3.44. The van der Waals surface area contributed by atoms with Crippen molar-refractivity contribution in [1.82, 2.24) is 5.43 Å². The standard InChI is InChI=1S/C19H20ClN3O3/c1-13(11-18(24)21-16-7-9-17(26-2)10-8-16)22-23-19(25)12-14-3-5-15(20)6-4-14/h3-10H,11-12H2,1-2H3,(H,21,24)(H,23,25)/b22-13+. The second-order valence-corrected chi connectivity index (χ2v) is 6.08. The number of carbonyl (C=O) groups is 2. The minimum atomic E-state index is -0.262. The van der Waals surface area contributed by atoms with Crippen molar-refractivity contribution in [1.29, 1.82) is 0 Å². The lowest BCUT2D eigenvalue weighted by atomic mass is 10.1. The maximum atomic E-state index is 12.0. The lowest BCUT2D eigenvalue weighted by Gasteiger charge is -2.06. The zero-order valence-electron chi connectivity index (χ0n) is 14.6. The Balaban J connectivity index is 1.79. The van der Waals surface area contributed by atoms with Gasteiger partial charge in [-0.05, 0) is 48.9 Å². The van der Waals surface area contributed by atoms with Crippen LogP contribution in [0.5, 0.6) is 5.75 Å². The molecule has 0 atom stereocenters. The van der Waals surface area contributed by atoms with Gasteiger partial charge in [0.25, 0.3) is 0 Å². The van der Waals surface area contributed by atoms with E-state index in [9.17, 15) is 9.59 Å². The fourth-order valence-electron chi connectivity index (χ4n) is 2.14. The minimum absolute atomic E-state index is 0.0766. The van der Waals surface area contributed by atoms with Crippen molar-refractivity contribution >= 4 is 34.8 Å². The molecular formula is C19H20ClN3O3. The Morgan fingerprint density at radius 3 is 2.31 bits per heavy atom. The van der Waals surface area contributed by atoms with Crippen LogP contribution < -0.4 is 15.5 Å². The maximum absolute atomic E-state index is 12.0. The van der Waals surface area contributed by atoms with E-state index >= 15 is 0 Å². The third-order valence-corrected chi connectivity index (χ3v) is 3.69. The van der Waals surface area contributed by atoms with E-state index in [1.165, 1.54) is 0 Å². The van der Waals surface area contributed by atoms with Gasteiger partial charge in [0, 0.05) is 16.4 Å². The van der Waals surface area contributed by atoms with Gasteiger partial charge in [0.15, 0.2) is 0 Å². The van der Waals surface area contributed by atoms with Crippen molar-refractivity contribution in [2.24, 2.45) is 5.10 Å². The van der Waals surface area contributed by atoms with Crippen molar-refractivity contribution < 1.29 is 14.3 Å². The summed E-state index contributed by atoms with van der Waals surface area (Å²) in [6, 6.07) is 14.0. The molecule has 0 radical (unpaired) electrons. The zero-order chi connectivity index (χ0) is 18.9. The van der Waals surface area contributed by atoms with Gasteiger partial charge in [-0.1, -0.05) is 23.7 Å². The molecule has 2 amide bonds. The highest BCUT2D eigenvalue weighted by Crippen LogP contribution is 2.15. The summed E-state index contributed by atoms with van der Waals surface area (Å²) < 4.78 is 5.06. The predicted octanol–water partition coefficient (Wildman–Crippen LogP) is 3.41. The molecule has 2 N–H and O–H groups in total. The SMILES string of the molecule is COc1ccc(NC(=O)C/C(C)=N/NC(=O)Cc2ccc(Cl)cc2)cc1. The summed E-state index contributed by atoms with van der Waals surface area (Å²) in [6.07, 6.45) is 0.263. The molecule has 2 aromatic carbocycles. The van der Waals surface area contributed by atoms with Gasteiger partial charge in [0.05, 0.1) is 20.0 Å².